The first-order chi connectivity index (χ1) is 11.8. The van der Waals surface area contributed by atoms with Crippen LogP contribution < -0.4 is 15.5 Å². The molecule has 0 spiro atoms. The van der Waals surface area contributed by atoms with Crippen molar-refractivity contribution in [1.82, 2.24) is 15.6 Å². The highest BCUT2D eigenvalue weighted by Gasteiger charge is 2.12. The van der Waals surface area contributed by atoms with Crippen LogP contribution >= 0.6 is 0 Å². The average molecular weight is 333 g/mol. The largest absolute Gasteiger partial charge is 0.382 e. The highest BCUT2D eigenvalue weighted by atomic mass is 16.5. The first-order valence-corrected chi connectivity index (χ1v) is 9.13. The van der Waals surface area contributed by atoms with Gasteiger partial charge < -0.3 is 20.3 Å². The number of nitrogens with one attached hydrogen (secondary N) is 2. The standard InChI is InChI=1S/C18H31N5O/c1-3-19-18(20-10-7-13-24-4-2)22-15-16-8-9-17(21-14-16)23-11-5-6-12-23/h8-9,14H,3-7,10-13,15H2,1-2H3,(H2,19,20,22). The molecule has 2 heterocycles. The summed E-state index contributed by atoms with van der Waals surface area (Å²) in [7, 11) is 0. The van der Waals surface area contributed by atoms with E-state index in [1.54, 1.807) is 0 Å². The number of anilines is 1. The Bertz CT molecular complexity index is 483. The summed E-state index contributed by atoms with van der Waals surface area (Å²) in [6, 6.07) is 4.24. The summed E-state index contributed by atoms with van der Waals surface area (Å²) < 4.78 is 5.35. The summed E-state index contributed by atoms with van der Waals surface area (Å²) in [5.41, 5.74) is 1.13. The highest BCUT2D eigenvalue weighted by molar-refractivity contribution is 5.79. The van der Waals surface area contributed by atoms with Gasteiger partial charge in [-0.15, -0.1) is 0 Å². The van der Waals surface area contributed by atoms with Crippen LogP contribution in [0.3, 0.4) is 0 Å². The fourth-order valence-corrected chi connectivity index (χ4v) is 2.68. The fourth-order valence-electron chi connectivity index (χ4n) is 2.68. The smallest absolute Gasteiger partial charge is 0.191 e. The number of rotatable bonds is 9. The Morgan fingerprint density at radius 1 is 1.25 bits per heavy atom. The van der Waals surface area contributed by atoms with Crippen molar-refractivity contribution in [3.63, 3.8) is 0 Å². The van der Waals surface area contributed by atoms with Crippen LogP contribution in [-0.4, -0.2) is 50.3 Å². The van der Waals surface area contributed by atoms with Crippen LogP contribution in [0.5, 0.6) is 0 Å². The molecule has 0 aliphatic carbocycles. The summed E-state index contributed by atoms with van der Waals surface area (Å²) >= 11 is 0. The zero-order valence-electron chi connectivity index (χ0n) is 15.1. The predicted molar refractivity (Wildman–Crippen MR) is 99.6 cm³/mol. The van der Waals surface area contributed by atoms with E-state index in [2.05, 4.69) is 44.6 Å². The number of aromatic nitrogens is 1. The van der Waals surface area contributed by atoms with Crippen LogP contribution in [0.4, 0.5) is 5.82 Å². The highest BCUT2D eigenvalue weighted by Crippen LogP contribution is 2.17. The molecule has 0 aromatic carbocycles. The van der Waals surface area contributed by atoms with E-state index in [0.29, 0.717) is 6.54 Å². The van der Waals surface area contributed by atoms with E-state index in [1.165, 1.54) is 12.8 Å². The molecule has 0 atom stereocenters. The van der Waals surface area contributed by atoms with Crippen molar-refractivity contribution in [2.24, 2.45) is 4.99 Å². The van der Waals surface area contributed by atoms with Gasteiger partial charge in [0.05, 0.1) is 6.54 Å². The Morgan fingerprint density at radius 3 is 2.75 bits per heavy atom. The molecule has 1 fully saturated rings. The molecular weight excluding hydrogens is 302 g/mol. The number of guanidine groups is 1. The van der Waals surface area contributed by atoms with Crippen LogP contribution in [0.25, 0.3) is 0 Å². The minimum Gasteiger partial charge on any atom is -0.382 e. The van der Waals surface area contributed by atoms with E-state index in [0.717, 1.165) is 63.2 Å². The molecule has 1 saturated heterocycles. The molecule has 1 aliphatic rings. The minimum absolute atomic E-state index is 0.633. The summed E-state index contributed by atoms with van der Waals surface area (Å²) in [5.74, 6) is 1.93. The molecule has 2 N–H and O–H groups in total. The van der Waals surface area contributed by atoms with Gasteiger partial charge in [0.1, 0.15) is 5.82 Å². The van der Waals surface area contributed by atoms with Crippen molar-refractivity contribution in [1.29, 1.82) is 0 Å². The van der Waals surface area contributed by atoms with Gasteiger partial charge in [-0.3, -0.25) is 0 Å². The molecule has 0 unspecified atom stereocenters. The Hall–Kier alpha value is -1.82. The number of hydrogen-bond donors (Lipinski definition) is 2. The Labute approximate surface area is 145 Å². The SMILES string of the molecule is CCNC(=NCc1ccc(N2CCCC2)nc1)NCCCOCC. The molecule has 24 heavy (non-hydrogen) atoms. The lowest BCUT2D eigenvalue weighted by Gasteiger charge is -2.16. The lowest BCUT2D eigenvalue weighted by atomic mass is 10.3. The van der Waals surface area contributed by atoms with Gasteiger partial charge in [-0.05, 0) is 44.7 Å². The average Bonchev–Trinajstić information content (AvgIpc) is 3.14. The van der Waals surface area contributed by atoms with Gasteiger partial charge in [0, 0.05) is 45.6 Å². The Kier molecular flexibility index (Phi) is 8.38. The first kappa shape index (κ1) is 18.5. The quantitative estimate of drug-likeness (QED) is 0.412. The molecule has 6 nitrogen and oxygen atoms in total. The molecule has 2 rings (SSSR count). The molecule has 6 heteroatoms. The maximum atomic E-state index is 5.35. The summed E-state index contributed by atoms with van der Waals surface area (Å²) in [6.45, 7) is 10.2. The zero-order chi connectivity index (χ0) is 17.0. The maximum Gasteiger partial charge on any atom is 0.191 e. The molecule has 1 aromatic heterocycles. The van der Waals surface area contributed by atoms with Crippen molar-refractivity contribution in [3.8, 4) is 0 Å². The van der Waals surface area contributed by atoms with Gasteiger partial charge in [0.25, 0.3) is 0 Å². The van der Waals surface area contributed by atoms with Crippen molar-refractivity contribution in [2.45, 2.75) is 39.7 Å². The third kappa shape index (κ3) is 6.35. The minimum atomic E-state index is 0.633. The van der Waals surface area contributed by atoms with Crippen molar-refractivity contribution >= 4 is 11.8 Å². The third-order valence-electron chi connectivity index (χ3n) is 3.97. The van der Waals surface area contributed by atoms with Crippen molar-refractivity contribution in [2.75, 3.05) is 44.3 Å². The number of hydrogen-bond acceptors (Lipinski definition) is 4. The molecule has 0 saturated carbocycles. The van der Waals surface area contributed by atoms with E-state index >= 15 is 0 Å². The second kappa shape index (κ2) is 10.9. The molecule has 1 aromatic rings. The maximum absolute atomic E-state index is 5.35. The lowest BCUT2D eigenvalue weighted by Crippen LogP contribution is -2.38. The normalized spacial score (nSPS) is 14.9. The molecule has 0 amide bonds. The van der Waals surface area contributed by atoms with Gasteiger partial charge in [-0.2, -0.15) is 0 Å². The van der Waals surface area contributed by atoms with E-state index in [9.17, 15) is 0 Å². The summed E-state index contributed by atoms with van der Waals surface area (Å²) in [4.78, 5) is 11.6. The molecule has 0 radical (unpaired) electrons. The Balaban J connectivity index is 1.81. The van der Waals surface area contributed by atoms with Gasteiger partial charge in [-0.1, -0.05) is 6.07 Å². The van der Waals surface area contributed by atoms with E-state index < -0.39 is 0 Å². The molecule has 0 bridgehead atoms. The van der Waals surface area contributed by atoms with Crippen LogP contribution in [0.15, 0.2) is 23.3 Å². The first-order valence-electron chi connectivity index (χ1n) is 9.13. The second-order valence-electron chi connectivity index (χ2n) is 5.89. The lowest BCUT2D eigenvalue weighted by molar-refractivity contribution is 0.145. The molecule has 134 valence electrons. The summed E-state index contributed by atoms with van der Waals surface area (Å²) in [6.07, 6.45) is 5.46. The van der Waals surface area contributed by atoms with E-state index in [-0.39, 0.29) is 0 Å². The van der Waals surface area contributed by atoms with Crippen molar-refractivity contribution in [3.05, 3.63) is 23.9 Å². The Morgan fingerprint density at radius 2 is 2.08 bits per heavy atom. The van der Waals surface area contributed by atoms with E-state index in [4.69, 9.17) is 4.74 Å². The second-order valence-corrected chi connectivity index (χ2v) is 5.89. The number of pyridine rings is 1. The summed E-state index contributed by atoms with van der Waals surface area (Å²) in [5, 5.41) is 6.61. The number of aliphatic imine (C=N–C) groups is 1. The van der Waals surface area contributed by atoms with Gasteiger partial charge in [-0.25, -0.2) is 9.98 Å². The van der Waals surface area contributed by atoms with E-state index in [1.807, 2.05) is 13.1 Å². The van der Waals surface area contributed by atoms with Gasteiger partial charge >= 0.3 is 0 Å². The third-order valence-corrected chi connectivity index (χ3v) is 3.97. The van der Waals surface area contributed by atoms with Gasteiger partial charge in [0.15, 0.2) is 5.96 Å². The van der Waals surface area contributed by atoms with Crippen LogP contribution in [-0.2, 0) is 11.3 Å². The monoisotopic (exact) mass is 333 g/mol. The van der Waals surface area contributed by atoms with Crippen LogP contribution in [0.1, 0.15) is 38.7 Å². The fraction of sp³-hybridized carbons (Fsp3) is 0.667. The number of ether oxygens (including phenoxy) is 1. The van der Waals surface area contributed by atoms with Crippen LogP contribution in [0.2, 0.25) is 0 Å². The van der Waals surface area contributed by atoms with Gasteiger partial charge in [0.2, 0.25) is 0 Å². The number of nitrogens with zero attached hydrogens (tertiary/aromatic N) is 3. The predicted octanol–water partition coefficient (Wildman–Crippen LogP) is 2.16. The topological polar surface area (TPSA) is 61.8 Å². The van der Waals surface area contributed by atoms with Crippen LogP contribution in [0, 0.1) is 0 Å². The molecule has 1 aliphatic heterocycles. The molecular formula is C18H31N5O. The van der Waals surface area contributed by atoms with Crippen molar-refractivity contribution < 1.29 is 4.74 Å². The zero-order valence-corrected chi connectivity index (χ0v) is 15.1.